The highest BCUT2D eigenvalue weighted by atomic mass is 19.4. The van der Waals surface area contributed by atoms with Gasteiger partial charge in [-0.05, 0) is 52.1 Å². The number of aliphatic hydroxyl groups excluding tert-OH is 1. The van der Waals surface area contributed by atoms with Crippen molar-refractivity contribution in [1.29, 1.82) is 0 Å². The van der Waals surface area contributed by atoms with Crippen molar-refractivity contribution in [3.8, 4) is 0 Å². The van der Waals surface area contributed by atoms with Crippen LogP contribution in [0.5, 0.6) is 0 Å². The third-order valence-corrected chi connectivity index (χ3v) is 4.45. The molecule has 1 heterocycles. The number of alkyl halides is 3. The number of rotatable bonds is 6. The van der Waals surface area contributed by atoms with Crippen molar-refractivity contribution >= 4 is 0 Å². The van der Waals surface area contributed by atoms with E-state index >= 15 is 0 Å². The summed E-state index contributed by atoms with van der Waals surface area (Å²) in [5, 5.41) is 10.3. The van der Waals surface area contributed by atoms with Gasteiger partial charge < -0.3 is 5.11 Å². The molecule has 1 saturated heterocycles. The van der Waals surface area contributed by atoms with Crippen molar-refractivity contribution in [2.24, 2.45) is 0 Å². The van der Waals surface area contributed by atoms with Gasteiger partial charge in [0, 0.05) is 12.0 Å². The zero-order chi connectivity index (χ0) is 14.5. The third-order valence-electron chi connectivity index (χ3n) is 4.45. The van der Waals surface area contributed by atoms with E-state index in [1.807, 2.05) is 13.8 Å². The maximum absolute atomic E-state index is 12.1. The second-order valence-electron chi connectivity index (χ2n) is 5.78. The Balaban J connectivity index is 2.51. The van der Waals surface area contributed by atoms with Crippen LogP contribution in [0.25, 0.3) is 0 Å². The largest absolute Gasteiger partial charge is 0.391 e. The summed E-state index contributed by atoms with van der Waals surface area (Å²) in [6.45, 7) is 5.87. The molecule has 2 nitrogen and oxygen atoms in total. The molecule has 114 valence electrons. The van der Waals surface area contributed by atoms with Gasteiger partial charge in [0.05, 0.1) is 6.10 Å². The van der Waals surface area contributed by atoms with Crippen LogP contribution < -0.4 is 0 Å². The van der Waals surface area contributed by atoms with Gasteiger partial charge in [-0.2, -0.15) is 13.2 Å². The Bertz CT molecular complexity index is 264. The summed E-state index contributed by atoms with van der Waals surface area (Å²) in [7, 11) is 0. The van der Waals surface area contributed by atoms with Gasteiger partial charge in [-0.25, -0.2) is 0 Å². The van der Waals surface area contributed by atoms with Crippen LogP contribution in [0.2, 0.25) is 0 Å². The first-order valence-corrected chi connectivity index (χ1v) is 7.29. The van der Waals surface area contributed by atoms with E-state index in [-0.39, 0.29) is 18.4 Å². The van der Waals surface area contributed by atoms with E-state index in [1.54, 1.807) is 0 Å². The quantitative estimate of drug-likeness (QED) is 0.802. The number of piperidine rings is 1. The fraction of sp³-hybridized carbons (Fsp3) is 1.00. The van der Waals surface area contributed by atoms with Gasteiger partial charge in [-0.15, -0.1) is 0 Å². The zero-order valence-corrected chi connectivity index (χ0v) is 12.0. The maximum Gasteiger partial charge on any atom is 0.389 e. The van der Waals surface area contributed by atoms with Gasteiger partial charge in [0.25, 0.3) is 0 Å². The van der Waals surface area contributed by atoms with Crippen LogP contribution in [0.4, 0.5) is 13.2 Å². The van der Waals surface area contributed by atoms with Crippen molar-refractivity contribution in [2.75, 3.05) is 13.1 Å². The highest BCUT2D eigenvalue weighted by Crippen LogP contribution is 2.31. The molecule has 2 unspecified atom stereocenters. The lowest BCUT2D eigenvalue weighted by Crippen LogP contribution is -2.55. The first-order valence-electron chi connectivity index (χ1n) is 7.29. The SMILES string of the molecule is CCC(C)(C(O)CCCC(F)(F)F)N1CCCCC1. The summed E-state index contributed by atoms with van der Waals surface area (Å²) in [6, 6.07) is 0. The highest BCUT2D eigenvalue weighted by molar-refractivity contribution is 4.93. The number of nitrogens with zero attached hydrogens (tertiary/aromatic N) is 1. The van der Waals surface area contributed by atoms with Crippen LogP contribution in [0.3, 0.4) is 0 Å². The topological polar surface area (TPSA) is 23.5 Å². The molecule has 1 rings (SSSR count). The summed E-state index contributed by atoms with van der Waals surface area (Å²) in [5.74, 6) is 0. The number of halogens is 3. The molecule has 19 heavy (non-hydrogen) atoms. The molecule has 0 aliphatic carbocycles. The molecule has 0 aromatic heterocycles. The minimum absolute atomic E-state index is 0.00803. The molecule has 1 fully saturated rings. The fourth-order valence-electron chi connectivity index (χ4n) is 2.88. The highest BCUT2D eigenvalue weighted by Gasteiger charge is 2.38. The molecule has 1 aliphatic heterocycles. The smallest absolute Gasteiger partial charge is 0.389 e. The lowest BCUT2D eigenvalue weighted by atomic mass is 9.85. The second kappa shape index (κ2) is 6.93. The second-order valence-corrected chi connectivity index (χ2v) is 5.78. The molecule has 1 N–H and O–H groups in total. The summed E-state index contributed by atoms with van der Waals surface area (Å²) < 4.78 is 36.4. The minimum Gasteiger partial charge on any atom is -0.391 e. The predicted octanol–water partition coefficient (Wildman–Crippen LogP) is 3.73. The molecule has 1 aliphatic rings. The Hall–Kier alpha value is -0.290. The molecule has 2 atom stereocenters. The molecule has 0 radical (unpaired) electrons. The maximum atomic E-state index is 12.1. The van der Waals surface area contributed by atoms with Crippen molar-refractivity contribution in [2.45, 2.75) is 76.6 Å². The Kier molecular flexibility index (Phi) is 6.12. The molecule has 0 saturated carbocycles. The van der Waals surface area contributed by atoms with E-state index < -0.39 is 18.7 Å². The lowest BCUT2D eigenvalue weighted by molar-refractivity contribution is -0.138. The standard InChI is InChI=1S/C14H26F3NO/c1-3-13(2,18-10-5-4-6-11-18)12(19)8-7-9-14(15,16)17/h12,19H,3-11H2,1-2H3. The van der Waals surface area contributed by atoms with Crippen LogP contribution in [0.15, 0.2) is 0 Å². The van der Waals surface area contributed by atoms with E-state index in [4.69, 9.17) is 0 Å². The molecule has 0 amide bonds. The average molecular weight is 281 g/mol. The summed E-state index contributed by atoms with van der Waals surface area (Å²) >= 11 is 0. The monoisotopic (exact) mass is 281 g/mol. The number of likely N-dealkylation sites (tertiary alicyclic amines) is 1. The first kappa shape index (κ1) is 16.8. The molecule has 0 bridgehead atoms. The number of hydrogen-bond donors (Lipinski definition) is 1. The Morgan fingerprint density at radius 3 is 2.21 bits per heavy atom. The normalized spacial score (nSPS) is 23.1. The molecule has 0 aromatic carbocycles. The third kappa shape index (κ3) is 4.95. The predicted molar refractivity (Wildman–Crippen MR) is 70.0 cm³/mol. The molecule has 0 aromatic rings. The fourth-order valence-corrected chi connectivity index (χ4v) is 2.88. The Labute approximate surface area is 114 Å². The summed E-state index contributed by atoms with van der Waals surface area (Å²) in [6.07, 6.45) is -1.17. The number of hydrogen-bond acceptors (Lipinski definition) is 2. The lowest BCUT2D eigenvalue weighted by Gasteiger charge is -2.46. The average Bonchev–Trinajstić information content (AvgIpc) is 2.37. The van der Waals surface area contributed by atoms with Crippen LogP contribution in [0, 0.1) is 0 Å². The van der Waals surface area contributed by atoms with Crippen LogP contribution in [-0.2, 0) is 0 Å². The van der Waals surface area contributed by atoms with Gasteiger partial charge >= 0.3 is 6.18 Å². The van der Waals surface area contributed by atoms with Crippen molar-refractivity contribution in [3.63, 3.8) is 0 Å². The first-order chi connectivity index (χ1) is 8.79. The van der Waals surface area contributed by atoms with Crippen molar-refractivity contribution < 1.29 is 18.3 Å². The van der Waals surface area contributed by atoms with Crippen molar-refractivity contribution in [1.82, 2.24) is 4.90 Å². The molecular weight excluding hydrogens is 255 g/mol. The van der Waals surface area contributed by atoms with E-state index in [1.165, 1.54) is 6.42 Å². The van der Waals surface area contributed by atoms with E-state index in [0.29, 0.717) is 0 Å². The van der Waals surface area contributed by atoms with Gasteiger partial charge in [0.15, 0.2) is 0 Å². The van der Waals surface area contributed by atoms with E-state index in [9.17, 15) is 18.3 Å². The summed E-state index contributed by atoms with van der Waals surface area (Å²) in [4.78, 5) is 2.26. The van der Waals surface area contributed by atoms with E-state index in [2.05, 4.69) is 4.90 Å². The van der Waals surface area contributed by atoms with Crippen molar-refractivity contribution in [3.05, 3.63) is 0 Å². The molecule has 5 heteroatoms. The minimum atomic E-state index is -4.12. The number of aliphatic hydroxyl groups is 1. The Morgan fingerprint density at radius 2 is 1.74 bits per heavy atom. The Morgan fingerprint density at radius 1 is 1.16 bits per heavy atom. The molecule has 0 spiro atoms. The van der Waals surface area contributed by atoms with Crippen LogP contribution in [-0.4, -0.2) is 40.9 Å². The van der Waals surface area contributed by atoms with Gasteiger partial charge in [0.2, 0.25) is 0 Å². The zero-order valence-electron chi connectivity index (χ0n) is 12.0. The van der Waals surface area contributed by atoms with Gasteiger partial charge in [-0.3, -0.25) is 4.90 Å². The van der Waals surface area contributed by atoms with Gasteiger partial charge in [-0.1, -0.05) is 13.3 Å². The molecular formula is C14H26F3NO. The van der Waals surface area contributed by atoms with Crippen LogP contribution in [0.1, 0.15) is 58.8 Å². The van der Waals surface area contributed by atoms with Crippen LogP contribution >= 0.6 is 0 Å². The van der Waals surface area contributed by atoms with E-state index in [0.717, 1.165) is 32.4 Å². The summed E-state index contributed by atoms with van der Waals surface area (Å²) in [5.41, 5.74) is -0.383. The van der Waals surface area contributed by atoms with Gasteiger partial charge in [0.1, 0.15) is 0 Å².